The molecule has 59 heavy (non-hydrogen) atoms. The Balaban J connectivity index is 1.25. The summed E-state index contributed by atoms with van der Waals surface area (Å²) in [5.74, 6) is 0.536. The van der Waals surface area contributed by atoms with Crippen LogP contribution in [0.25, 0.3) is 111 Å². The average Bonchev–Trinajstić information content (AvgIpc) is 3.97. The fourth-order valence-corrected chi connectivity index (χ4v) is 9.03. The topological polar surface area (TPSA) is 72.6 Å². The Labute approximate surface area is 338 Å². The normalized spacial score (nSPS) is 11.7. The summed E-state index contributed by atoms with van der Waals surface area (Å²) in [5.41, 5.74) is 11.9. The molecule has 12 rings (SSSR count). The van der Waals surface area contributed by atoms with Crippen LogP contribution in [0.1, 0.15) is 5.56 Å². The number of aromatic nitrogens is 4. The maximum absolute atomic E-state index is 11.0. The Bertz CT molecular complexity index is 3520. The standard InChI is InChI=1S/C53H31N5O/c54-32-35-30-48(57-44-26-11-7-20-36(44)37-21-8-12-27-45(37)57)50(58-46-28-13-9-22-38(46)39-23-10-14-29-47(39)58)49-40-24-15-25-41(52(40)59-51(35)49)53-55-42(33-16-3-1-4-17-33)31-43(56-53)34-18-5-2-6-19-34/h1-31H. The number of para-hydroxylation sites is 5. The second-order valence-corrected chi connectivity index (χ2v) is 14.8. The Morgan fingerprint density at radius 3 is 1.41 bits per heavy atom. The Morgan fingerprint density at radius 1 is 0.441 bits per heavy atom. The number of rotatable bonds is 5. The predicted molar refractivity (Wildman–Crippen MR) is 239 cm³/mol. The van der Waals surface area contributed by atoms with Gasteiger partial charge in [-0.1, -0.05) is 146 Å². The summed E-state index contributed by atoms with van der Waals surface area (Å²) < 4.78 is 11.7. The minimum Gasteiger partial charge on any atom is -0.454 e. The van der Waals surface area contributed by atoms with Crippen LogP contribution in [0.15, 0.2) is 192 Å². The van der Waals surface area contributed by atoms with E-state index in [9.17, 15) is 5.26 Å². The van der Waals surface area contributed by atoms with Crippen molar-refractivity contribution < 1.29 is 4.42 Å². The van der Waals surface area contributed by atoms with Gasteiger partial charge in [0.05, 0.1) is 61.3 Å². The second kappa shape index (κ2) is 12.9. The van der Waals surface area contributed by atoms with E-state index in [0.717, 1.165) is 93.8 Å². The molecule has 0 aliphatic rings. The van der Waals surface area contributed by atoms with Crippen molar-refractivity contribution in [2.24, 2.45) is 0 Å². The smallest absolute Gasteiger partial charge is 0.164 e. The molecule has 274 valence electrons. The fraction of sp³-hybridized carbons (Fsp3) is 0. The molecule has 0 fully saturated rings. The van der Waals surface area contributed by atoms with Gasteiger partial charge in [0, 0.05) is 38.1 Å². The van der Waals surface area contributed by atoms with Crippen LogP contribution in [0.3, 0.4) is 0 Å². The number of furan rings is 1. The van der Waals surface area contributed by atoms with Gasteiger partial charge >= 0.3 is 0 Å². The molecular formula is C53H31N5O. The van der Waals surface area contributed by atoms with Crippen molar-refractivity contribution in [1.82, 2.24) is 19.1 Å². The molecule has 0 N–H and O–H groups in total. The van der Waals surface area contributed by atoms with Gasteiger partial charge in [0.15, 0.2) is 11.4 Å². The Kier molecular flexibility index (Phi) is 7.19. The van der Waals surface area contributed by atoms with Gasteiger partial charge < -0.3 is 13.6 Å². The van der Waals surface area contributed by atoms with Crippen molar-refractivity contribution in [3.63, 3.8) is 0 Å². The van der Waals surface area contributed by atoms with E-state index in [-0.39, 0.29) is 0 Å². The predicted octanol–water partition coefficient (Wildman–Crippen LogP) is 13.4. The third-order valence-corrected chi connectivity index (χ3v) is 11.6. The third kappa shape index (κ3) is 4.92. The summed E-state index contributed by atoms with van der Waals surface area (Å²) in [6.45, 7) is 0. The maximum atomic E-state index is 11.0. The second-order valence-electron chi connectivity index (χ2n) is 14.8. The first-order valence-electron chi connectivity index (χ1n) is 19.6. The average molecular weight is 754 g/mol. The van der Waals surface area contributed by atoms with Crippen LogP contribution in [-0.2, 0) is 0 Å². The zero-order valence-corrected chi connectivity index (χ0v) is 31.5. The maximum Gasteiger partial charge on any atom is 0.164 e. The molecule has 0 aliphatic carbocycles. The monoisotopic (exact) mass is 753 g/mol. The van der Waals surface area contributed by atoms with E-state index >= 15 is 0 Å². The van der Waals surface area contributed by atoms with Gasteiger partial charge in [-0.05, 0) is 42.5 Å². The molecule has 0 unspecified atom stereocenters. The van der Waals surface area contributed by atoms with Crippen LogP contribution in [0, 0.1) is 11.3 Å². The van der Waals surface area contributed by atoms with Crippen molar-refractivity contribution in [3.8, 4) is 51.3 Å². The number of hydrogen-bond acceptors (Lipinski definition) is 4. The van der Waals surface area contributed by atoms with Crippen LogP contribution >= 0.6 is 0 Å². The molecule has 0 saturated heterocycles. The summed E-state index contributed by atoms with van der Waals surface area (Å²) in [6, 6.07) is 67.2. The van der Waals surface area contributed by atoms with E-state index in [1.165, 1.54) is 0 Å². The first-order chi connectivity index (χ1) is 29.2. The fourth-order valence-electron chi connectivity index (χ4n) is 9.03. The van der Waals surface area contributed by atoms with Gasteiger partial charge in [-0.2, -0.15) is 5.26 Å². The van der Waals surface area contributed by atoms with Gasteiger partial charge in [0.25, 0.3) is 0 Å². The van der Waals surface area contributed by atoms with Crippen LogP contribution in [-0.4, -0.2) is 19.1 Å². The first kappa shape index (κ1) is 32.9. The number of hydrogen-bond donors (Lipinski definition) is 0. The largest absolute Gasteiger partial charge is 0.454 e. The lowest BCUT2D eigenvalue weighted by Gasteiger charge is -2.18. The van der Waals surface area contributed by atoms with Gasteiger partial charge in [-0.15, -0.1) is 0 Å². The zero-order valence-electron chi connectivity index (χ0n) is 31.5. The van der Waals surface area contributed by atoms with E-state index < -0.39 is 0 Å². The van der Waals surface area contributed by atoms with E-state index in [1.54, 1.807) is 0 Å². The van der Waals surface area contributed by atoms with Crippen LogP contribution in [0.5, 0.6) is 0 Å². The summed E-state index contributed by atoms with van der Waals surface area (Å²) in [6.07, 6.45) is 0. The molecule has 0 spiro atoms. The Morgan fingerprint density at radius 2 is 0.898 bits per heavy atom. The third-order valence-electron chi connectivity index (χ3n) is 11.6. The molecule has 0 saturated carbocycles. The molecule has 0 aliphatic heterocycles. The highest BCUT2D eigenvalue weighted by molar-refractivity contribution is 6.19. The highest BCUT2D eigenvalue weighted by atomic mass is 16.3. The number of nitrogens with zero attached hydrogens (tertiary/aromatic N) is 5. The highest BCUT2D eigenvalue weighted by Gasteiger charge is 2.27. The molecule has 0 atom stereocenters. The summed E-state index contributed by atoms with van der Waals surface area (Å²) in [5, 5.41) is 17.3. The van der Waals surface area contributed by atoms with Crippen molar-refractivity contribution in [1.29, 1.82) is 5.26 Å². The van der Waals surface area contributed by atoms with E-state index in [2.05, 4.69) is 143 Å². The quantitative estimate of drug-likeness (QED) is 0.175. The SMILES string of the molecule is N#Cc1cc(-n2c3ccccc3c3ccccc32)c(-n2c3ccccc3c3ccccc32)c2c1oc1c(-c3nc(-c4ccccc4)cc(-c4ccccc4)n3)cccc12. The van der Waals surface area contributed by atoms with Gasteiger partial charge in [-0.25, -0.2) is 9.97 Å². The van der Waals surface area contributed by atoms with E-state index in [4.69, 9.17) is 14.4 Å². The van der Waals surface area contributed by atoms with Crippen LogP contribution in [0.4, 0.5) is 0 Å². The van der Waals surface area contributed by atoms with E-state index in [0.29, 0.717) is 22.6 Å². The number of nitriles is 1. The van der Waals surface area contributed by atoms with Crippen molar-refractivity contribution in [2.75, 3.05) is 0 Å². The minimum absolute atomic E-state index is 0.437. The lowest BCUT2D eigenvalue weighted by atomic mass is 10.0. The molecule has 6 heteroatoms. The molecule has 6 nitrogen and oxygen atoms in total. The molecule has 0 amide bonds. The van der Waals surface area contributed by atoms with Crippen LogP contribution in [0.2, 0.25) is 0 Å². The molecule has 0 radical (unpaired) electrons. The zero-order chi connectivity index (χ0) is 39.0. The number of benzene rings is 8. The lowest BCUT2D eigenvalue weighted by Crippen LogP contribution is -2.05. The van der Waals surface area contributed by atoms with Crippen LogP contribution < -0.4 is 0 Å². The van der Waals surface area contributed by atoms with E-state index in [1.807, 2.05) is 60.7 Å². The molecule has 4 heterocycles. The molecule has 0 bridgehead atoms. The van der Waals surface area contributed by atoms with Crippen molar-refractivity contribution in [2.45, 2.75) is 0 Å². The molecule has 8 aromatic carbocycles. The van der Waals surface area contributed by atoms with Gasteiger partial charge in [0.2, 0.25) is 0 Å². The molecule has 4 aromatic heterocycles. The molecule has 12 aromatic rings. The first-order valence-corrected chi connectivity index (χ1v) is 19.6. The summed E-state index contributed by atoms with van der Waals surface area (Å²) in [4.78, 5) is 10.4. The molecular weight excluding hydrogens is 723 g/mol. The summed E-state index contributed by atoms with van der Waals surface area (Å²) >= 11 is 0. The number of fused-ring (bicyclic) bond motifs is 9. The highest BCUT2D eigenvalue weighted by Crippen LogP contribution is 2.46. The van der Waals surface area contributed by atoms with Gasteiger partial charge in [0.1, 0.15) is 11.7 Å². The van der Waals surface area contributed by atoms with Gasteiger partial charge in [-0.3, -0.25) is 0 Å². The van der Waals surface area contributed by atoms with Crippen molar-refractivity contribution in [3.05, 3.63) is 194 Å². The lowest BCUT2D eigenvalue weighted by molar-refractivity contribution is 0.668. The Hall–Kier alpha value is -8.27. The summed E-state index contributed by atoms with van der Waals surface area (Å²) in [7, 11) is 0. The minimum atomic E-state index is 0.437. The van der Waals surface area contributed by atoms with Crippen molar-refractivity contribution >= 4 is 65.6 Å².